The molecule has 1 aromatic rings. The Hall–Kier alpha value is -1.88. The second kappa shape index (κ2) is 5.27. The van der Waals surface area contributed by atoms with Crippen LogP contribution in [0.15, 0.2) is 30.3 Å². The molecule has 0 aromatic heterocycles. The predicted octanol–water partition coefficient (Wildman–Crippen LogP) is 0.656. The van der Waals surface area contributed by atoms with E-state index in [0.29, 0.717) is 0 Å². The quantitative estimate of drug-likeness (QED) is 0.717. The molecule has 0 saturated heterocycles. The van der Waals surface area contributed by atoms with Gasteiger partial charge in [-0.3, -0.25) is 4.90 Å². The van der Waals surface area contributed by atoms with Crippen LogP contribution < -0.4 is 0 Å². The molecule has 0 bridgehead atoms. The molecule has 0 heterocycles. The Balaban J connectivity index is 2.74. The van der Waals surface area contributed by atoms with E-state index in [-0.39, 0.29) is 6.54 Å². The Morgan fingerprint density at radius 2 is 1.69 bits per heavy atom. The highest BCUT2D eigenvalue weighted by molar-refractivity contribution is 5.97. The molecule has 1 aromatic carbocycles. The van der Waals surface area contributed by atoms with Gasteiger partial charge in [-0.2, -0.15) is 0 Å². The number of rotatable bonds is 5. The van der Waals surface area contributed by atoms with Crippen molar-refractivity contribution in [2.75, 3.05) is 7.05 Å². The number of hydrogen-bond donors (Lipinski definition) is 2. The molecule has 5 heteroatoms. The van der Waals surface area contributed by atoms with Crippen molar-refractivity contribution in [3.63, 3.8) is 0 Å². The molecule has 0 unspecified atom stereocenters. The summed E-state index contributed by atoms with van der Waals surface area (Å²) < 4.78 is 0. The number of carboxylic acid groups (broad SMARTS) is 2. The first-order valence-corrected chi connectivity index (χ1v) is 4.72. The highest BCUT2D eigenvalue weighted by atomic mass is 16.4. The van der Waals surface area contributed by atoms with E-state index in [1.54, 1.807) is 0 Å². The fraction of sp³-hybridized carbons (Fsp3) is 0.273. The standard InChI is InChI=1S/C11H13NO4/c1-12(9(10(13)14)11(15)16)7-8-5-3-2-4-6-8/h2-6,9H,7H2,1H3,(H,13,14)(H,15,16). The van der Waals surface area contributed by atoms with Gasteiger partial charge in [0.15, 0.2) is 0 Å². The van der Waals surface area contributed by atoms with E-state index in [9.17, 15) is 9.59 Å². The topological polar surface area (TPSA) is 77.8 Å². The van der Waals surface area contributed by atoms with Crippen molar-refractivity contribution < 1.29 is 19.8 Å². The molecule has 0 atom stereocenters. The summed E-state index contributed by atoms with van der Waals surface area (Å²) in [5.41, 5.74) is 0.873. The normalized spacial score (nSPS) is 10.7. The van der Waals surface area contributed by atoms with Gasteiger partial charge < -0.3 is 10.2 Å². The van der Waals surface area contributed by atoms with Crippen LogP contribution in [0.25, 0.3) is 0 Å². The molecule has 0 amide bonds. The maximum Gasteiger partial charge on any atom is 0.332 e. The van der Waals surface area contributed by atoms with Gasteiger partial charge in [-0.15, -0.1) is 0 Å². The van der Waals surface area contributed by atoms with Crippen molar-refractivity contribution in [2.24, 2.45) is 0 Å². The van der Waals surface area contributed by atoms with Crippen molar-refractivity contribution in [3.05, 3.63) is 35.9 Å². The highest BCUT2D eigenvalue weighted by Gasteiger charge is 2.30. The van der Waals surface area contributed by atoms with Gasteiger partial charge in [0.05, 0.1) is 0 Å². The molecule has 0 aliphatic rings. The molecule has 0 fully saturated rings. The van der Waals surface area contributed by atoms with Crippen LogP contribution in [0, 0.1) is 0 Å². The lowest BCUT2D eigenvalue weighted by atomic mass is 10.2. The number of nitrogens with zero attached hydrogens (tertiary/aromatic N) is 1. The zero-order chi connectivity index (χ0) is 12.1. The first kappa shape index (κ1) is 12.2. The number of hydrogen-bond acceptors (Lipinski definition) is 3. The summed E-state index contributed by atoms with van der Waals surface area (Å²) in [5, 5.41) is 17.5. The molecule has 2 N–H and O–H groups in total. The van der Waals surface area contributed by atoms with Gasteiger partial charge in [0.2, 0.25) is 6.04 Å². The number of benzene rings is 1. The average Bonchev–Trinajstić information content (AvgIpc) is 2.17. The highest BCUT2D eigenvalue weighted by Crippen LogP contribution is 2.06. The largest absolute Gasteiger partial charge is 0.480 e. The van der Waals surface area contributed by atoms with E-state index in [1.165, 1.54) is 11.9 Å². The SMILES string of the molecule is CN(Cc1ccccc1)C(C(=O)O)C(=O)O. The third kappa shape index (κ3) is 3.06. The van der Waals surface area contributed by atoms with Crippen molar-refractivity contribution in [2.45, 2.75) is 12.6 Å². The van der Waals surface area contributed by atoms with Gasteiger partial charge in [0, 0.05) is 6.54 Å². The number of aliphatic carboxylic acids is 2. The monoisotopic (exact) mass is 223 g/mol. The Bertz CT molecular complexity index is 363. The van der Waals surface area contributed by atoms with E-state index >= 15 is 0 Å². The van der Waals surface area contributed by atoms with E-state index in [4.69, 9.17) is 10.2 Å². The van der Waals surface area contributed by atoms with E-state index in [1.807, 2.05) is 30.3 Å². The van der Waals surface area contributed by atoms with Gasteiger partial charge in [-0.25, -0.2) is 9.59 Å². The van der Waals surface area contributed by atoms with E-state index < -0.39 is 18.0 Å². The first-order valence-electron chi connectivity index (χ1n) is 4.72. The molecule has 1 rings (SSSR count). The fourth-order valence-corrected chi connectivity index (χ4v) is 1.45. The Morgan fingerprint density at radius 1 is 1.19 bits per heavy atom. The molecule has 16 heavy (non-hydrogen) atoms. The van der Waals surface area contributed by atoms with E-state index in [2.05, 4.69) is 0 Å². The Labute approximate surface area is 92.9 Å². The molecule has 86 valence electrons. The Kier molecular flexibility index (Phi) is 4.02. The van der Waals surface area contributed by atoms with Gasteiger partial charge in [0.1, 0.15) is 0 Å². The van der Waals surface area contributed by atoms with E-state index in [0.717, 1.165) is 5.56 Å². The molecule has 0 radical (unpaired) electrons. The minimum Gasteiger partial charge on any atom is -0.480 e. The molecule has 0 aliphatic heterocycles. The van der Waals surface area contributed by atoms with Gasteiger partial charge in [0.25, 0.3) is 0 Å². The summed E-state index contributed by atoms with van der Waals surface area (Å²) in [7, 11) is 1.47. The van der Waals surface area contributed by atoms with Crippen molar-refractivity contribution >= 4 is 11.9 Å². The molecular formula is C11H13NO4. The van der Waals surface area contributed by atoms with Gasteiger partial charge in [-0.1, -0.05) is 30.3 Å². The van der Waals surface area contributed by atoms with Crippen LogP contribution in [0.4, 0.5) is 0 Å². The predicted molar refractivity (Wildman–Crippen MR) is 57.0 cm³/mol. The first-order chi connectivity index (χ1) is 7.52. The van der Waals surface area contributed by atoms with Gasteiger partial charge >= 0.3 is 11.9 Å². The lowest BCUT2D eigenvalue weighted by Crippen LogP contribution is -2.44. The third-order valence-electron chi connectivity index (χ3n) is 2.18. The van der Waals surface area contributed by atoms with Crippen LogP contribution in [-0.2, 0) is 16.1 Å². The second-order valence-corrected chi connectivity index (χ2v) is 3.48. The van der Waals surface area contributed by atoms with Crippen molar-refractivity contribution in [1.82, 2.24) is 4.90 Å². The zero-order valence-electron chi connectivity index (χ0n) is 8.83. The van der Waals surface area contributed by atoms with Crippen LogP contribution in [0.1, 0.15) is 5.56 Å². The summed E-state index contributed by atoms with van der Waals surface area (Å²) in [5.74, 6) is -2.71. The minimum absolute atomic E-state index is 0.282. The van der Waals surface area contributed by atoms with Crippen LogP contribution >= 0.6 is 0 Å². The number of likely N-dealkylation sites (N-methyl/N-ethyl adjacent to an activating group) is 1. The molecule has 5 nitrogen and oxygen atoms in total. The van der Waals surface area contributed by atoms with Crippen molar-refractivity contribution in [3.8, 4) is 0 Å². The number of carboxylic acids is 2. The van der Waals surface area contributed by atoms with Crippen LogP contribution in [-0.4, -0.2) is 40.1 Å². The summed E-state index contributed by atoms with van der Waals surface area (Å²) >= 11 is 0. The maximum absolute atomic E-state index is 10.8. The van der Waals surface area contributed by atoms with Crippen LogP contribution in [0.5, 0.6) is 0 Å². The van der Waals surface area contributed by atoms with Gasteiger partial charge in [-0.05, 0) is 12.6 Å². The fourth-order valence-electron chi connectivity index (χ4n) is 1.45. The molecule has 0 aliphatic carbocycles. The minimum atomic E-state index is -1.51. The lowest BCUT2D eigenvalue weighted by Gasteiger charge is -2.20. The summed E-state index contributed by atoms with van der Waals surface area (Å²) in [6.07, 6.45) is 0. The van der Waals surface area contributed by atoms with Crippen LogP contribution in [0.2, 0.25) is 0 Å². The molecular weight excluding hydrogens is 210 g/mol. The maximum atomic E-state index is 10.8. The Morgan fingerprint density at radius 3 is 2.12 bits per heavy atom. The summed E-state index contributed by atoms with van der Waals surface area (Å²) in [6, 6.07) is 7.60. The zero-order valence-corrected chi connectivity index (χ0v) is 8.83. The lowest BCUT2D eigenvalue weighted by molar-refractivity contribution is -0.156. The summed E-state index contributed by atoms with van der Waals surface area (Å²) in [6.45, 7) is 0.282. The van der Waals surface area contributed by atoms with Crippen LogP contribution in [0.3, 0.4) is 0 Å². The average molecular weight is 223 g/mol. The smallest absolute Gasteiger partial charge is 0.332 e. The third-order valence-corrected chi connectivity index (χ3v) is 2.18. The molecule has 0 saturated carbocycles. The van der Waals surface area contributed by atoms with Crippen molar-refractivity contribution in [1.29, 1.82) is 0 Å². The number of carbonyl (C=O) groups is 2. The summed E-state index contributed by atoms with van der Waals surface area (Å²) in [4.78, 5) is 22.8. The molecule has 0 spiro atoms. The second-order valence-electron chi connectivity index (χ2n) is 3.48.